The molecule has 0 aromatic carbocycles. The Morgan fingerprint density at radius 3 is 2.29 bits per heavy atom. The Kier molecular flexibility index (Phi) is 3.23. The number of carbonyl (C=O) groups is 1. The molecule has 0 aromatic rings. The van der Waals surface area contributed by atoms with Crippen molar-refractivity contribution in [3.8, 4) is 0 Å². The minimum atomic E-state index is 0.136. The van der Waals surface area contributed by atoms with Crippen LogP contribution in [0.1, 0.15) is 44.9 Å². The van der Waals surface area contributed by atoms with Crippen molar-refractivity contribution in [3.63, 3.8) is 0 Å². The molecule has 2 unspecified atom stereocenters. The van der Waals surface area contributed by atoms with Crippen LogP contribution in [0.2, 0.25) is 0 Å². The second kappa shape index (κ2) is 4.84. The van der Waals surface area contributed by atoms with Gasteiger partial charge in [0.15, 0.2) is 0 Å². The van der Waals surface area contributed by atoms with E-state index in [2.05, 4.69) is 5.32 Å². The molecule has 1 saturated carbocycles. The van der Waals surface area contributed by atoms with Crippen LogP contribution in [0.15, 0.2) is 0 Å². The minimum Gasteiger partial charge on any atom is -0.371 e. The van der Waals surface area contributed by atoms with Crippen molar-refractivity contribution >= 4 is 6.03 Å². The number of carbonyl (C=O) groups excluding carboxylic acids is 1. The van der Waals surface area contributed by atoms with Crippen LogP contribution >= 0.6 is 0 Å². The van der Waals surface area contributed by atoms with E-state index >= 15 is 0 Å². The zero-order valence-electron chi connectivity index (χ0n) is 10.4. The van der Waals surface area contributed by atoms with Crippen molar-refractivity contribution in [2.24, 2.45) is 0 Å². The topological polar surface area (TPSA) is 41.6 Å². The summed E-state index contributed by atoms with van der Waals surface area (Å²) in [6.07, 6.45) is 9.01. The molecule has 0 aromatic heterocycles. The van der Waals surface area contributed by atoms with Crippen molar-refractivity contribution in [1.82, 2.24) is 10.2 Å². The Balaban J connectivity index is 1.51. The molecule has 0 spiro atoms. The van der Waals surface area contributed by atoms with E-state index in [-0.39, 0.29) is 6.03 Å². The Bertz CT molecular complexity index is 277. The monoisotopic (exact) mass is 238 g/mol. The molecular formula is C13H22N2O2. The van der Waals surface area contributed by atoms with Crippen molar-refractivity contribution < 1.29 is 9.53 Å². The average molecular weight is 238 g/mol. The largest absolute Gasteiger partial charge is 0.371 e. The predicted octanol–water partition coefficient (Wildman–Crippen LogP) is 1.89. The Hall–Kier alpha value is -0.770. The first kappa shape index (κ1) is 11.3. The lowest BCUT2D eigenvalue weighted by atomic mass is 9.96. The normalized spacial score (nSPS) is 33.8. The molecule has 0 radical (unpaired) electrons. The Morgan fingerprint density at radius 2 is 1.65 bits per heavy atom. The highest BCUT2D eigenvalue weighted by atomic mass is 16.5. The smallest absolute Gasteiger partial charge is 0.317 e. The maximum absolute atomic E-state index is 12.1. The van der Waals surface area contributed by atoms with Crippen molar-refractivity contribution in [3.05, 3.63) is 0 Å². The van der Waals surface area contributed by atoms with Gasteiger partial charge in [-0.15, -0.1) is 0 Å². The number of nitrogens with zero attached hydrogens (tertiary/aromatic N) is 1. The number of hydrogen-bond acceptors (Lipinski definition) is 2. The number of fused-ring (bicyclic) bond motifs is 2. The lowest BCUT2D eigenvalue weighted by Crippen LogP contribution is -2.52. The number of nitrogens with one attached hydrogen (secondary N) is 1. The molecule has 2 saturated heterocycles. The highest BCUT2D eigenvalue weighted by Crippen LogP contribution is 2.26. The van der Waals surface area contributed by atoms with Gasteiger partial charge < -0.3 is 15.0 Å². The number of urea groups is 1. The van der Waals surface area contributed by atoms with E-state index in [4.69, 9.17) is 4.74 Å². The first-order chi connectivity index (χ1) is 8.31. The van der Waals surface area contributed by atoms with Gasteiger partial charge in [-0.3, -0.25) is 0 Å². The van der Waals surface area contributed by atoms with Gasteiger partial charge in [0.25, 0.3) is 0 Å². The van der Waals surface area contributed by atoms with Gasteiger partial charge in [0, 0.05) is 19.1 Å². The molecule has 2 heterocycles. The van der Waals surface area contributed by atoms with Crippen LogP contribution in [0.3, 0.4) is 0 Å². The standard InChI is InChI=1S/C13H22N2O2/c16-13(14-10-4-2-1-3-5-10)15-8-11-6-7-12(9-15)17-11/h10-12H,1-9H2,(H,14,16). The SMILES string of the molecule is O=C(NC1CCCCC1)N1CC2CCC(C1)O2. The van der Waals surface area contributed by atoms with Crippen LogP contribution in [0.5, 0.6) is 0 Å². The summed E-state index contributed by atoms with van der Waals surface area (Å²) in [5.41, 5.74) is 0. The number of amides is 2. The van der Waals surface area contributed by atoms with Gasteiger partial charge in [0.2, 0.25) is 0 Å². The van der Waals surface area contributed by atoms with Gasteiger partial charge >= 0.3 is 6.03 Å². The number of likely N-dealkylation sites (tertiary alicyclic amines) is 1. The molecule has 2 bridgehead atoms. The summed E-state index contributed by atoms with van der Waals surface area (Å²) in [6, 6.07) is 0.550. The third-order valence-electron chi connectivity index (χ3n) is 4.26. The zero-order chi connectivity index (χ0) is 11.7. The fourth-order valence-electron chi connectivity index (χ4n) is 3.29. The van der Waals surface area contributed by atoms with Gasteiger partial charge in [-0.1, -0.05) is 19.3 Å². The Morgan fingerprint density at radius 1 is 1.00 bits per heavy atom. The van der Waals surface area contributed by atoms with Crippen molar-refractivity contribution in [1.29, 1.82) is 0 Å². The summed E-state index contributed by atoms with van der Waals surface area (Å²) in [4.78, 5) is 14.1. The van der Waals surface area contributed by atoms with Crippen LogP contribution in [0, 0.1) is 0 Å². The number of hydrogen-bond donors (Lipinski definition) is 1. The fraction of sp³-hybridized carbons (Fsp3) is 0.923. The van der Waals surface area contributed by atoms with Crippen LogP contribution < -0.4 is 5.32 Å². The van der Waals surface area contributed by atoms with Gasteiger partial charge in [-0.05, 0) is 25.7 Å². The summed E-state index contributed by atoms with van der Waals surface area (Å²) < 4.78 is 5.75. The van der Waals surface area contributed by atoms with Crippen molar-refractivity contribution in [2.75, 3.05) is 13.1 Å². The maximum atomic E-state index is 12.1. The summed E-state index contributed by atoms with van der Waals surface area (Å²) in [6.45, 7) is 1.57. The molecule has 1 N–H and O–H groups in total. The number of rotatable bonds is 1. The predicted molar refractivity (Wildman–Crippen MR) is 64.9 cm³/mol. The van der Waals surface area contributed by atoms with E-state index in [0.717, 1.165) is 38.8 Å². The number of morpholine rings is 1. The molecule has 3 aliphatic rings. The molecular weight excluding hydrogens is 216 g/mol. The highest BCUT2D eigenvalue weighted by molar-refractivity contribution is 5.74. The fourth-order valence-corrected chi connectivity index (χ4v) is 3.29. The van der Waals surface area contributed by atoms with Gasteiger partial charge in [0.05, 0.1) is 12.2 Å². The molecule has 17 heavy (non-hydrogen) atoms. The lowest BCUT2D eigenvalue weighted by molar-refractivity contribution is -0.0242. The summed E-state index contributed by atoms with van der Waals surface area (Å²) in [7, 11) is 0. The molecule has 2 atom stereocenters. The van der Waals surface area contributed by atoms with E-state index in [9.17, 15) is 4.79 Å². The molecule has 1 aliphatic carbocycles. The van der Waals surface area contributed by atoms with Crippen LogP contribution in [-0.4, -0.2) is 42.3 Å². The highest BCUT2D eigenvalue weighted by Gasteiger charge is 2.36. The Labute approximate surface area is 103 Å². The van der Waals surface area contributed by atoms with Crippen molar-refractivity contribution in [2.45, 2.75) is 63.2 Å². The molecule has 4 nitrogen and oxygen atoms in total. The molecule has 4 heteroatoms. The van der Waals surface area contributed by atoms with E-state index in [1.165, 1.54) is 19.3 Å². The molecule has 2 aliphatic heterocycles. The molecule has 3 fully saturated rings. The summed E-state index contributed by atoms with van der Waals surface area (Å²) >= 11 is 0. The number of ether oxygens (including phenoxy) is 1. The van der Waals surface area contributed by atoms with Crippen LogP contribution in [-0.2, 0) is 4.74 Å². The van der Waals surface area contributed by atoms with Gasteiger partial charge in [0.1, 0.15) is 0 Å². The first-order valence-electron chi connectivity index (χ1n) is 7.02. The average Bonchev–Trinajstić information content (AvgIpc) is 2.69. The third kappa shape index (κ3) is 2.57. The third-order valence-corrected chi connectivity index (χ3v) is 4.26. The molecule has 2 amide bonds. The van der Waals surface area contributed by atoms with Crippen LogP contribution in [0.25, 0.3) is 0 Å². The maximum Gasteiger partial charge on any atom is 0.317 e. The van der Waals surface area contributed by atoms with E-state index in [1.54, 1.807) is 0 Å². The zero-order valence-corrected chi connectivity index (χ0v) is 10.4. The minimum absolute atomic E-state index is 0.136. The second-order valence-electron chi connectivity index (χ2n) is 5.65. The van der Waals surface area contributed by atoms with E-state index in [0.29, 0.717) is 18.2 Å². The van der Waals surface area contributed by atoms with E-state index < -0.39 is 0 Å². The quantitative estimate of drug-likeness (QED) is 0.758. The van der Waals surface area contributed by atoms with Crippen LogP contribution in [0.4, 0.5) is 4.79 Å². The second-order valence-corrected chi connectivity index (χ2v) is 5.65. The van der Waals surface area contributed by atoms with Gasteiger partial charge in [-0.2, -0.15) is 0 Å². The summed E-state index contributed by atoms with van der Waals surface area (Å²) in [5, 5.41) is 3.19. The molecule has 3 rings (SSSR count). The first-order valence-corrected chi connectivity index (χ1v) is 7.02. The summed E-state index contributed by atoms with van der Waals surface area (Å²) in [5.74, 6) is 0. The van der Waals surface area contributed by atoms with E-state index in [1.807, 2.05) is 4.90 Å². The van der Waals surface area contributed by atoms with Gasteiger partial charge in [-0.25, -0.2) is 4.79 Å². The lowest BCUT2D eigenvalue weighted by Gasteiger charge is -2.34. The molecule has 96 valence electrons.